The van der Waals surface area contributed by atoms with Gasteiger partial charge in [-0.15, -0.1) is 0 Å². The molecule has 3 N–H and O–H groups in total. The fourth-order valence-corrected chi connectivity index (χ4v) is 0.688. The first-order valence-electron chi connectivity index (χ1n) is 5.81. The van der Waals surface area contributed by atoms with E-state index in [9.17, 15) is 4.79 Å². The molecule has 0 spiro atoms. The Morgan fingerprint density at radius 3 is 2.85 bits per heavy atom. The summed E-state index contributed by atoms with van der Waals surface area (Å²) in [6.07, 6.45) is 0.517. The summed E-state index contributed by atoms with van der Waals surface area (Å²) in [5.41, 5.74) is -0.00268. The van der Waals surface area contributed by atoms with E-state index in [1.807, 2.05) is 0 Å². The van der Waals surface area contributed by atoms with Gasteiger partial charge in [0.1, 0.15) is 8.42 Å². The molecule has 1 amide bonds. The molecule has 0 heterocycles. The predicted octanol–water partition coefficient (Wildman–Crippen LogP) is 1.25. The zero-order valence-corrected chi connectivity index (χ0v) is 8.54. The van der Waals surface area contributed by atoms with Crippen LogP contribution in [0, 0.1) is 0 Å². The molecule has 0 unspecified atom stereocenters. The number of ether oxygens (including phenoxy) is 1. The lowest BCUT2D eigenvalue weighted by molar-refractivity contribution is 0.0527. The fourth-order valence-electron chi connectivity index (χ4n) is 0.688. The van der Waals surface area contributed by atoms with Gasteiger partial charge in [0.25, 0.3) is 0 Å². The molecule has 0 bridgehead atoms. The number of hydrogen-bond acceptors (Lipinski definition) is 3. The van der Waals surface area contributed by atoms with Gasteiger partial charge in [-0.1, -0.05) is 0 Å². The van der Waals surface area contributed by atoms with Crippen molar-refractivity contribution in [2.45, 2.75) is 39.2 Å². The molecule has 0 atom stereocenters. The zero-order chi connectivity index (χ0) is 12.8. The van der Waals surface area contributed by atoms with Gasteiger partial charge in [0.15, 0.2) is 1.41 Å². The highest BCUT2D eigenvalue weighted by Crippen LogP contribution is 2.06. The van der Waals surface area contributed by atoms with Gasteiger partial charge in [-0.05, 0) is 40.2 Å². The molecule has 0 aliphatic heterocycles. The Morgan fingerprint density at radius 2 is 2.31 bits per heavy atom. The summed E-state index contributed by atoms with van der Waals surface area (Å²) < 4.78 is 26.0. The summed E-state index contributed by atoms with van der Waals surface area (Å²) >= 11 is 0. The number of rotatable bonds is 5. The van der Waals surface area contributed by atoms with Crippen LogP contribution in [-0.4, -0.2) is 24.8 Å². The third-order valence-corrected chi connectivity index (χ3v) is 1.20. The second-order valence-corrected chi connectivity index (χ2v) is 3.79. The molecular weight excluding hydrogens is 168 g/mol. The van der Waals surface area contributed by atoms with Gasteiger partial charge in [-0.3, -0.25) is 0 Å². The summed E-state index contributed by atoms with van der Waals surface area (Å²) in [4.78, 5) is 11.3. The number of carbonyl (C=O) groups is 1. The third-order valence-electron chi connectivity index (χ3n) is 1.20. The molecule has 0 fully saturated rings. The predicted molar refractivity (Wildman–Crippen MR) is 52.5 cm³/mol. The molecule has 78 valence electrons. The van der Waals surface area contributed by atoms with Gasteiger partial charge in [-0.2, -0.15) is 0 Å². The highest BCUT2D eigenvalue weighted by Gasteiger charge is 2.15. The Morgan fingerprint density at radius 1 is 1.62 bits per heavy atom. The average molecular weight is 191 g/mol. The number of hydrogen-bond donors (Lipinski definition) is 2. The Kier molecular flexibility index (Phi) is 3.40. The van der Waals surface area contributed by atoms with E-state index in [4.69, 9.17) is 8.97 Å². The van der Waals surface area contributed by atoms with E-state index in [1.54, 1.807) is 20.8 Å². The fraction of sp³-hybridized carbons (Fsp3) is 0.889. The Bertz CT molecular complexity index is 219. The molecule has 13 heavy (non-hydrogen) atoms. The van der Waals surface area contributed by atoms with E-state index in [0.717, 1.165) is 5.31 Å². The second-order valence-electron chi connectivity index (χ2n) is 3.79. The van der Waals surface area contributed by atoms with Gasteiger partial charge in [0, 0.05) is 6.54 Å². The summed E-state index contributed by atoms with van der Waals surface area (Å²) in [5.74, 6) is 0. The van der Waals surface area contributed by atoms with Crippen LogP contribution in [0.15, 0.2) is 0 Å². The molecule has 4 heteroatoms. The molecule has 0 aliphatic carbocycles. The van der Waals surface area contributed by atoms with Crippen molar-refractivity contribution in [2.24, 2.45) is 5.72 Å². The standard InChI is InChI=1S/C9H20N2O2/c1-9(2,3)13-8(12)11-7-5-4-6-10/h4-7,10H2,1-3H3,(H,11,12)/i/hD3. The molecule has 0 rings (SSSR count). The van der Waals surface area contributed by atoms with Crippen molar-refractivity contribution in [2.75, 3.05) is 13.1 Å². The Balaban J connectivity index is 3.72. The molecule has 0 aromatic rings. The summed E-state index contributed by atoms with van der Waals surface area (Å²) in [6, 6.07) is 0. The van der Waals surface area contributed by atoms with Crippen molar-refractivity contribution >= 4 is 6.09 Å². The number of amides is 1. The minimum Gasteiger partial charge on any atom is -0.444 e. The maximum atomic E-state index is 11.3. The van der Waals surface area contributed by atoms with Crippen LogP contribution in [0.4, 0.5) is 4.79 Å². The summed E-state index contributed by atoms with van der Waals surface area (Å²) in [6.45, 7) is 5.80. The van der Waals surface area contributed by atoms with Gasteiger partial charge < -0.3 is 15.8 Å². The van der Waals surface area contributed by atoms with E-state index in [0.29, 0.717) is 25.1 Å². The number of alkyl carbamates (subject to hydrolysis) is 1. The van der Waals surface area contributed by atoms with Crippen LogP contribution in [0.2, 0.25) is 4.24 Å². The molecule has 0 aliphatic rings. The third kappa shape index (κ3) is 9.14. The quantitative estimate of drug-likeness (QED) is 0.643. The molecule has 0 saturated heterocycles. The number of nitrogens with two attached hydrogens (primary N) is 1. The number of unbranched alkanes of at least 4 members (excludes halogenated alkanes) is 1. The maximum absolute atomic E-state index is 11.3. The second kappa shape index (κ2) is 5.80. The minimum absolute atomic E-state index is 0.253. The minimum atomic E-state index is -0.666. The summed E-state index contributed by atoms with van der Waals surface area (Å²) in [7, 11) is 0. The van der Waals surface area contributed by atoms with Crippen LogP contribution in [0.5, 0.6) is 0 Å². The SMILES string of the molecule is [2H]N([2H])CCCCN([2H])C(=O)OC(C)(C)C. The van der Waals surface area contributed by atoms with Crippen LogP contribution in [-0.2, 0) is 4.74 Å². The van der Waals surface area contributed by atoms with Crippen molar-refractivity contribution in [3.8, 4) is 0 Å². The topological polar surface area (TPSA) is 64.3 Å². The molecule has 0 saturated carbocycles. The Labute approximate surface area is 84.2 Å². The van der Waals surface area contributed by atoms with Gasteiger partial charge in [-0.25, -0.2) is 4.79 Å². The first-order valence-corrected chi connectivity index (χ1v) is 4.47. The van der Waals surface area contributed by atoms with Gasteiger partial charge in [0.2, 0.25) is 0 Å². The van der Waals surface area contributed by atoms with Crippen molar-refractivity contribution < 1.29 is 13.8 Å². The molecular formula is C9H20N2O2. The van der Waals surface area contributed by atoms with Gasteiger partial charge >= 0.3 is 6.09 Å². The highest BCUT2D eigenvalue weighted by molar-refractivity contribution is 5.67. The van der Waals surface area contributed by atoms with E-state index in [-0.39, 0.29) is 6.54 Å². The highest BCUT2D eigenvalue weighted by atomic mass is 16.6. The van der Waals surface area contributed by atoms with Crippen LogP contribution in [0.1, 0.15) is 33.6 Å². The number of nitrogens with one attached hydrogen (secondary N) is 1. The maximum Gasteiger partial charge on any atom is 0.407 e. The summed E-state index contributed by atoms with van der Waals surface area (Å²) in [5, 5.41) is 0.767. The van der Waals surface area contributed by atoms with Gasteiger partial charge in [0.05, 0.1) is 0 Å². The van der Waals surface area contributed by atoms with E-state index in [1.165, 1.54) is 0 Å². The first kappa shape index (κ1) is 7.62. The average Bonchev–Trinajstić information content (AvgIpc) is 2.08. The van der Waals surface area contributed by atoms with Crippen molar-refractivity contribution in [3.05, 3.63) is 0 Å². The monoisotopic (exact) mass is 191 g/mol. The molecule has 0 aromatic heterocycles. The molecule has 0 radical (unpaired) electrons. The number of carbonyl (C=O) groups excluding carboxylic acids is 1. The van der Waals surface area contributed by atoms with E-state index in [2.05, 4.69) is 0 Å². The lowest BCUT2D eigenvalue weighted by Crippen LogP contribution is -2.33. The lowest BCUT2D eigenvalue weighted by Gasteiger charge is -2.19. The largest absolute Gasteiger partial charge is 0.444 e. The Hall–Kier alpha value is -0.770. The van der Waals surface area contributed by atoms with E-state index >= 15 is 0 Å². The van der Waals surface area contributed by atoms with Crippen LogP contribution in [0.3, 0.4) is 0 Å². The normalized spacial score (nSPS) is 14.6. The van der Waals surface area contributed by atoms with Crippen molar-refractivity contribution in [1.82, 2.24) is 5.31 Å². The van der Waals surface area contributed by atoms with Crippen molar-refractivity contribution in [1.29, 1.82) is 0 Å². The van der Waals surface area contributed by atoms with Crippen LogP contribution < -0.4 is 11.0 Å². The molecule has 0 aromatic carbocycles. The first-order chi connectivity index (χ1) is 7.22. The lowest BCUT2D eigenvalue weighted by atomic mass is 10.2. The van der Waals surface area contributed by atoms with E-state index < -0.39 is 11.7 Å². The zero-order valence-electron chi connectivity index (χ0n) is 11.5. The molecule has 4 nitrogen and oxygen atoms in total. The van der Waals surface area contributed by atoms with Crippen molar-refractivity contribution in [3.63, 3.8) is 0 Å². The smallest absolute Gasteiger partial charge is 0.407 e. The van der Waals surface area contributed by atoms with Crippen LogP contribution >= 0.6 is 0 Å². The van der Waals surface area contributed by atoms with Crippen LogP contribution in [0.25, 0.3) is 0 Å².